The molecule has 0 radical (unpaired) electrons. The molecule has 7 nitrogen and oxygen atoms in total. The molecule has 0 N–H and O–H groups in total. The number of methoxy groups -OCH3 is 1. The van der Waals surface area contributed by atoms with E-state index in [1.54, 1.807) is 13.3 Å². The average molecular weight is 522 g/mol. The molecular formula is C32H35N5O2. The lowest BCUT2D eigenvalue weighted by Gasteiger charge is -2.28. The lowest BCUT2D eigenvalue weighted by Crippen LogP contribution is -2.38. The van der Waals surface area contributed by atoms with Crippen LogP contribution in [-0.2, 0) is 13.1 Å². The first kappa shape index (κ1) is 26.2. The maximum Gasteiger partial charge on any atom is 0.255 e. The Kier molecular flexibility index (Phi) is 7.24. The van der Waals surface area contributed by atoms with Gasteiger partial charge in [-0.25, -0.2) is 9.97 Å². The largest absolute Gasteiger partial charge is 0.497 e. The summed E-state index contributed by atoms with van der Waals surface area (Å²) in [4.78, 5) is 25.1. The van der Waals surface area contributed by atoms with E-state index in [9.17, 15) is 4.79 Å². The van der Waals surface area contributed by atoms with Crippen LogP contribution in [0, 0.1) is 20.8 Å². The zero-order valence-electron chi connectivity index (χ0n) is 23.5. The Balaban J connectivity index is 1.60. The molecule has 1 amide bonds. The Bertz CT molecular complexity index is 1590. The summed E-state index contributed by atoms with van der Waals surface area (Å²) in [5.74, 6) is 1.62. The van der Waals surface area contributed by atoms with Gasteiger partial charge < -0.3 is 14.2 Å². The number of carbonyl (C=O) groups excluding carboxylic acids is 1. The van der Waals surface area contributed by atoms with Gasteiger partial charge in [0.25, 0.3) is 5.91 Å². The number of carbonyl (C=O) groups is 1. The highest BCUT2D eigenvalue weighted by atomic mass is 16.5. The smallest absolute Gasteiger partial charge is 0.255 e. The average Bonchev–Trinajstić information content (AvgIpc) is 3.53. The van der Waals surface area contributed by atoms with E-state index in [-0.39, 0.29) is 11.9 Å². The van der Waals surface area contributed by atoms with Gasteiger partial charge in [-0.3, -0.25) is 9.36 Å². The number of benzene rings is 3. The third-order valence-corrected chi connectivity index (χ3v) is 7.13. The number of aromatic nitrogens is 4. The van der Waals surface area contributed by atoms with Crippen LogP contribution in [0.25, 0.3) is 16.7 Å². The number of aryl methyl sites for hydroxylation is 3. The van der Waals surface area contributed by atoms with E-state index in [1.165, 1.54) is 0 Å². The van der Waals surface area contributed by atoms with Gasteiger partial charge in [0, 0.05) is 36.2 Å². The fourth-order valence-corrected chi connectivity index (χ4v) is 5.29. The minimum atomic E-state index is -0.0152. The Morgan fingerprint density at radius 1 is 1.00 bits per heavy atom. The summed E-state index contributed by atoms with van der Waals surface area (Å²) in [5.41, 5.74) is 7.89. The van der Waals surface area contributed by atoms with Gasteiger partial charge in [-0.15, -0.1) is 0 Å². The first-order valence-corrected chi connectivity index (χ1v) is 13.2. The van der Waals surface area contributed by atoms with Gasteiger partial charge in [0.15, 0.2) is 0 Å². The predicted octanol–water partition coefficient (Wildman–Crippen LogP) is 6.25. The third kappa shape index (κ3) is 5.30. The highest BCUT2D eigenvalue weighted by molar-refractivity contribution is 5.97. The van der Waals surface area contributed by atoms with E-state index in [0.717, 1.165) is 56.1 Å². The molecule has 0 fully saturated rings. The van der Waals surface area contributed by atoms with Crippen molar-refractivity contribution < 1.29 is 9.53 Å². The molecule has 0 aliphatic carbocycles. The maximum absolute atomic E-state index is 14.0. The topological polar surface area (TPSA) is 65.2 Å². The van der Waals surface area contributed by atoms with Gasteiger partial charge in [0.2, 0.25) is 0 Å². The highest BCUT2D eigenvalue weighted by Gasteiger charge is 2.25. The number of nitrogens with zero attached hydrogens (tertiary/aromatic N) is 5. The minimum absolute atomic E-state index is 0.0152. The van der Waals surface area contributed by atoms with Gasteiger partial charge in [-0.1, -0.05) is 23.8 Å². The van der Waals surface area contributed by atoms with Crippen molar-refractivity contribution in [2.24, 2.45) is 0 Å². The van der Waals surface area contributed by atoms with Crippen LogP contribution in [0.15, 0.2) is 73.3 Å². The van der Waals surface area contributed by atoms with Crippen molar-refractivity contribution in [3.05, 3.63) is 107 Å². The summed E-state index contributed by atoms with van der Waals surface area (Å²) in [7, 11) is 1.66. The molecule has 5 aromatic rings. The fourth-order valence-electron chi connectivity index (χ4n) is 5.29. The minimum Gasteiger partial charge on any atom is -0.497 e. The summed E-state index contributed by atoms with van der Waals surface area (Å²) in [6, 6.07) is 18.4. The van der Waals surface area contributed by atoms with Gasteiger partial charge in [0.1, 0.15) is 11.6 Å². The molecule has 2 aromatic heterocycles. The Hall–Kier alpha value is -4.39. The predicted molar refractivity (Wildman–Crippen MR) is 155 cm³/mol. The van der Waals surface area contributed by atoms with E-state index in [4.69, 9.17) is 9.72 Å². The molecule has 39 heavy (non-hydrogen) atoms. The van der Waals surface area contributed by atoms with E-state index in [2.05, 4.69) is 60.7 Å². The van der Waals surface area contributed by atoms with E-state index >= 15 is 0 Å². The van der Waals surface area contributed by atoms with Crippen molar-refractivity contribution in [3.63, 3.8) is 0 Å². The Morgan fingerprint density at radius 3 is 2.33 bits per heavy atom. The number of imidazole rings is 2. The maximum atomic E-state index is 14.0. The van der Waals surface area contributed by atoms with Crippen LogP contribution in [0.2, 0.25) is 0 Å². The monoisotopic (exact) mass is 521 g/mol. The van der Waals surface area contributed by atoms with Crippen LogP contribution in [0.1, 0.15) is 52.3 Å². The summed E-state index contributed by atoms with van der Waals surface area (Å²) in [6.07, 6.45) is 5.55. The van der Waals surface area contributed by atoms with Crippen molar-refractivity contribution in [2.75, 3.05) is 7.11 Å². The van der Waals surface area contributed by atoms with Crippen molar-refractivity contribution in [1.29, 1.82) is 0 Å². The van der Waals surface area contributed by atoms with Crippen LogP contribution in [0.3, 0.4) is 0 Å². The second-order valence-electron chi connectivity index (χ2n) is 10.4. The van der Waals surface area contributed by atoms with Crippen LogP contribution < -0.4 is 4.74 Å². The quantitative estimate of drug-likeness (QED) is 0.242. The van der Waals surface area contributed by atoms with Crippen LogP contribution in [-0.4, -0.2) is 43.1 Å². The van der Waals surface area contributed by atoms with Crippen LogP contribution >= 0.6 is 0 Å². The molecule has 0 saturated carbocycles. The number of hydrogen-bond acceptors (Lipinski definition) is 4. The summed E-state index contributed by atoms with van der Waals surface area (Å²) in [5, 5.41) is 0. The molecular weight excluding hydrogens is 486 g/mol. The van der Waals surface area contributed by atoms with Gasteiger partial charge in [-0.05, 0) is 87.7 Å². The number of amides is 1. The first-order valence-electron chi connectivity index (χ1n) is 13.2. The second-order valence-corrected chi connectivity index (χ2v) is 10.4. The number of fused-ring (bicyclic) bond motifs is 1. The summed E-state index contributed by atoms with van der Waals surface area (Å²) < 4.78 is 9.57. The molecule has 0 unspecified atom stereocenters. The second kappa shape index (κ2) is 10.8. The highest BCUT2D eigenvalue weighted by Crippen LogP contribution is 2.27. The first-order chi connectivity index (χ1) is 18.7. The molecule has 200 valence electrons. The SMILES string of the molecule is COc1ccc(-n2c(CN(C(=O)c3c(C)cc(C)cc3C)C(C)C)nc3cc(Cn4ccnc4)ccc32)cc1. The molecule has 7 heteroatoms. The van der Waals surface area contributed by atoms with Crippen molar-refractivity contribution in [2.45, 2.75) is 53.8 Å². The summed E-state index contributed by atoms with van der Waals surface area (Å²) in [6.45, 7) is 11.3. The lowest BCUT2D eigenvalue weighted by molar-refractivity contribution is 0.0683. The molecule has 0 atom stereocenters. The lowest BCUT2D eigenvalue weighted by atomic mass is 9.98. The molecule has 2 heterocycles. The molecule has 0 aliphatic rings. The van der Waals surface area contributed by atoms with E-state index in [0.29, 0.717) is 13.1 Å². The molecule has 0 bridgehead atoms. The number of ether oxygens (including phenoxy) is 1. The normalized spacial score (nSPS) is 11.4. The third-order valence-electron chi connectivity index (χ3n) is 7.13. The Morgan fingerprint density at radius 2 is 1.72 bits per heavy atom. The van der Waals surface area contributed by atoms with Crippen LogP contribution in [0.4, 0.5) is 0 Å². The number of rotatable bonds is 8. The fraction of sp³-hybridized carbons (Fsp3) is 0.281. The zero-order chi connectivity index (χ0) is 27.7. The molecule has 0 saturated heterocycles. The molecule has 0 spiro atoms. The Labute approximate surface area is 229 Å². The number of hydrogen-bond donors (Lipinski definition) is 0. The zero-order valence-corrected chi connectivity index (χ0v) is 23.5. The van der Waals surface area contributed by atoms with Gasteiger partial charge in [0.05, 0.1) is 31.0 Å². The van der Waals surface area contributed by atoms with Crippen molar-refractivity contribution in [1.82, 2.24) is 24.0 Å². The van der Waals surface area contributed by atoms with Crippen molar-refractivity contribution >= 4 is 16.9 Å². The molecule has 5 rings (SSSR count). The standard InChI is InChI=1S/C32H35N5O2/c1-21(2)36(32(38)31-23(4)15-22(3)16-24(31)5)19-30-34-28-17-25(18-35-14-13-33-20-35)7-12-29(28)37(30)26-8-10-27(39-6)11-9-26/h7-17,20-21H,18-19H2,1-6H3. The van der Waals surface area contributed by atoms with E-state index < -0.39 is 0 Å². The summed E-state index contributed by atoms with van der Waals surface area (Å²) >= 11 is 0. The van der Waals surface area contributed by atoms with Gasteiger partial charge in [-0.2, -0.15) is 0 Å². The molecule has 0 aliphatic heterocycles. The van der Waals surface area contributed by atoms with E-state index in [1.807, 2.05) is 60.1 Å². The van der Waals surface area contributed by atoms with Gasteiger partial charge >= 0.3 is 0 Å². The molecule has 3 aromatic carbocycles. The van der Waals surface area contributed by atoms with Crippen molar-refractivity contribution in [3.8, 4) is 11.4 Å². The van der Waals surface area contributed by atoms with Crippen LogP contribution in [0.5, 0.6) is 5.75 Å².